The number of pyridine rings is 1. The molecule has 3 heterocycles. The third-order valence-corrected chi connectivity index (χ3v) is 12.6. The Labute approximate surface area is 441 Å². The summed E-state index contributed by atoms with van der Waals surface area (Å²) in [5.41, 5.74) is -9.39. The number of aromatic nitrogens is 4. The maximum absolute atomic E-state index is 10.1. The minimum atomic E-state index is -4.50. The number of imidazole rings is 1. The summed E-state index contributed by atoms with van der Waals surface area (Å²) in [6.45, 7) is -5.46. The molecule has 0 saturated carbocycles. The van der Waals surface area contributed by atoms with E-state index in [9.17, 15) is 9.60 Å². The number of benzene rings is 7. The molecule has 3 aromatic heterocycles. The van der Waals surface area contributed by atoms with E-state index in [1.54, 1.807) is 69.9 Å². The molecule has 1 aliphatic rings. The average molecular weight is 927 g/mol. The summed E-state index contributed by atoms with van der Waals surface area (Å²) >= 11 is 0. The maximum Gasteiger partial charge on any atom is 0.269 e. The van der Waals surface area contributed by atoms with Crippen LogP contribution in [0.4, 0.5) is 0 Å². The Morgan fingerprint density at radius 1 is 0.638 bits per heavy atom. The number of ether oxygens (including phenoxy) is 1. The fourth-order valence-corrected chi connectivity index (χ4v) is 9.28. The van der Waals surface area contributed by atoms with E-state index in [0.29, 0.717) is 56.2 Å². The molecule has 0 aliphatic heterocycles. The van der Waals surface area contributed by atoms with Crippen molar-refractivity contribution in [2.45, 2.75) is 103 Å². The SMILES string of the molecule is [2H]c1c([2H])c([2H])c(-c2cnc(-n3c4ccccc4c4ccc(Oc5cccc(-n6[c-][n+](-c7c(-c8c([2H])c([2H])c9c(c8[2H])C(C([2H])([2H])[2H])(C([2H])([2H])[2H])C([2H])([2H])C([2H])([2H])C9(C([2H])([2H])[2H])C([2H])([2H])[2H])cccc7C(C)(C)C)c7ccccc76)c5)cc43)cc2C(C)(C)C)c([2H])c1[2H]. The molecule has 0 bridgehead atoms. The number of hydrogen-bond donors (Lipinski definition) is 0. The number of para-hydroxylation sites is 4. The van der Waals surface area contributed by atoms with E-state index in [1.165, 1.54) is 12.1 Å². The van der Waals surface area contributed by atoms with Gasteiger partial charge in [-0.25, -0.2) is 4.98 Å². The van der Waals surface area contributed by atoms with Crippen molar-refractivity contribution < 1.29 is 42.2 Å². The van der Waals surface area contributed by atoms with Crippen molar-refractivity contribution in [3.05, 3.63) is 198 Å². The second kappa shape index (κ2) is 16.2. The molecule has 0 spiro atoms. The summed E-state index contributed by atoms with van der Waals surface area (Å²) in [6.07, 6.45) is -4.03. The van der Waals surface area contributed by atoms with E-state index in [-0.39, 0.29) is 28.9 Å². The van der Waals surface area contributed by atoms with Crippen LogP contribution < -0.4 is 9.30 Å². The smallest absolute Gasteiger partial charge is 0.269 e. The molecular formula is C64H62N4O. The molecule has 5 heteroatoms. The van der Waals surface area contributed by atoms with Crippen LogP contribution in [0.25, 0.3) is 72.3 Å². The summed E-state index contributed by atoms with van der Waals surface area (Å²) in [4.78, 5) is 4.91. The van der Waals surface area contributed by atoms with Gasteiger partial charge in [-0.1, -0.05) is 184 Å². The highest BCUT2D eigenvalue weighted by molar-refractivity contribution is 6.09. The molecular weight excluding hydrogens is 841 g/mol. The van der Waals surface area contributed by atoms with Crippen molar-refractivity contribution in [1.82, 2.24) is 14.1 Å². The zero-order chi connectivity index (χ0) is 68.6. The third kappa shape index (κ3) is 7.73. The summed E-state index contributed by atoms with van der Waals surface area (Å²) in [6, 6.07) is 27.9. The predicted octanol–water partition coefficient (Wildman–Crippen LogP) is 16.3. The van der Waals surface area contributed by atoms with Crippen LogP contribution in [-0.4, -0.2) is 14.1 Å². The molecule has 0 unspecified atom stereocenters. The van der Waals surface area contributed by atoms with E-state index >= 15 is 0 Å². The monoisotopic (exact) mass is 927 g/mol. The van der Waals surface area contributed by atoms with Gasteiger partial charge in [0, 0.05) is 50.5 Å². The van der Waals surface area contributed by atoms with Gasteiger partial charge >= 0.3 is 0 Å². The fraction of sp³-hybridized carbons (Fsp3) is 0.250. The Balaban J connectivity index is 1.10. The van der Waals surface area contributed by atoms with Crippen molar-refractivity contribution >= 4 is 32.8 Å². The van der Waals surface area contributed by atoms with E-state index in [0.717, 1.165) is 16.3 Å². The molecule has 0 atom stereocenters. The number of nitrogens with zero attached hydrogens (tertiary/aromatic N) is 4. The van der Waals surface area contributed by atoms with Crippen LogP contribution in [0.2, 0.25) is 0 Å². The number of rotatable bonds is 7. The third-order valence-electron chi connectivity index (χ3n) is 12.6. The van der Waals surface area contributed by atoms with Crippen LogP contribution >= 0.6 is 0 Å². The predicted molar refractivity (Wildman–Crippen MR) is 286 cm³/mol. The van der Waals surface area contributed by atoms with Crippen LogP contribution in [0.15, 0.2) is 170 Å². The minimum Gasteiger partial charge on any atom is -0.458 e. The Kier molecular flexibility index (Phi) is 5.84. The normalized spacial score (nSPS) is 21.9. The molecule has 0 fully saturated rings. The molecule has 69 heavy (non-hydrogen) atoms. The average Bonchev–Trinajstić information content (AvgIpc) is 1.61. The lowest BCUT2D eigenvalue weighted by molar-refractivity contribution is -0.572. The highest BCUT2D eigenvalue weighted by atomic mass is 16.5. The quantitative estimate of drug-likeness (QED) is 0.118. The zero-order valence-corrected chi connectivity index (χ0v) is 38.7. The molecule has 0 saturated heterocycles. The molecule has 344 valence electrons. The number of hydrogen-bond acceptors (Lipinski definition) is 2. The largest absolute Gasteiger partial charge is 0.458 e. The first-order chi connectivity index (χ1) is 42.8. The molecule has 0 amide bonds. The van der Waals surface area contributed by atoms with Crippen LogP contribution in [0, 0.1) is 6.33 Å². The maximum atomic E-state index is 10.1. The van der Waals surface area contributed by atoms with E-state index in [1.807, 2.05) is 94.6 Å². The van der Waals surface area contributed by atoms with Crippen molar-refractivity contribution in [1.29, 1.82) is 0 Å². The Bertz CT molecular complexity index is 4690. The highest BCUT2D eigenvalue weighted by Gasteiger charge is 2.37. The number of fused-ring (bicyclic) bond motifs is 5. The van der Waals surface area contributed by atoms with Gasteiger partial charge in [-0.05, 0) is 116 Å². The Morgan fingerprint density at radius 3 is 2.10 bits per heavy atom. The van der Waals surface area contributed by atoms with Crippen LogP contribution in [0.5, 0.6) is 11.5 Å². The Hall–Kier alpha value is -7.24. The van der Waals surface area contributed by atoms with Gasteiger partial charge < -0.3 is 4.74 Å². The van der Waals surface area contributed by atoms with E-state index < -0.39 is 115 Å². The first kappa shape index (κ1) is 24.9. The van der Waals surface area contributed by atoms with Crippen molar-refractivity contribution in [2.24, 2.45) is 0 Å². The molecule has 10 aromatic rings. The second-order valence-corrected chi connectivity index (χ2v) is 19.4. The van der Waals surface area contributed by atoms with E-state index in [2.05, 4.69) is 6.33 Å². The van der Waals surface area contributed by atoms with Crippen LogP contribution in [0.3, 0.4) is 0 Å². The lowest BCUT2D eigenvalue weighted by Gasteiger charge is -2.42. The van der Waals surface area contributed by atoms with Crippen molar-refractivity contribution in [2.75, 3.05) is 0 Å². The van der Waals surface area contributed by atoms with Gasteiger partial charge in [-0.3, -0.25) is 13.7 Å². The first-order valence-electron chi connectivity index (χ1n) is 34.5. The lowest BCUT2D eigenvalue weighted by atomic mass is 9.63. The first-order valence-corrected chi connectivity index (χ1v) is 22.5. The molecule has 5 nitrogen and oxygen atoms in total. The van der Waals surface area contributed by atoms with Crippen molar-refractivity contribution in [3.8, 4) is 50.9 Å². The summed E-state index contributed by atoms with van der Waals surface area (Å²) < 4.78 is 228. The van der Waals surface area contributed by atoms with Gasteiger partial charge in [0.25, 0.3) is 6.33 Å². The van der Waals surface area contributed by atoms with Gasteiger partial charge in [-0.15, -0.1) is 0 Å². The van der Waals surface area contributed by atoms with Gasteiger partial charge in [0.15, 0.2) is 0 Å². The standard InChI is InChI=1S/C64H62N4O/c1-61(2,3)52-26-19-25-47(43-30-33-51-54(36-43)64(9,10)35-34-63(51,7)8)60(52)67-41-66(56-28-16-17-29-57(56)67)44-22-18-23-45(37-44)69-46-31-32-49-48-24-14-15-27-55(48)68(58(49)38-46)59-39-53(62(4,5)6)50(40-65-59)42-20-12-11-13-21-42/h11-33,36-40H,34-35H2,1-10H3/i7D3,8D3,9D3,10D3,11D,12D,13D,20D,21D,30D,33D,34D2,35D2,36D. The molecule has 11 rings (SSSR count). The summed E-state index contributed by atoms with van der Waals surface area (Å²) in [5, 5.41) is 1.75. The summed E-state index contributed by atoms with van der Waals surface area (Å²) in [7, 11) is 0. The zero-order valence-electron chi connectivity index (χ0n) is 62.7. The minimum absolute atomic E-state index is 0.0353. The molecule has 0 radical (unpaired) electrons. The topological polar surface area (TPSA) is 35.9 Å². The van der Waals surface area contributed by atoms with Gasteiger partial charge in [-0.2, -0.15) is 0 Å². The molecule has 7 aromatic carbocycles. The van der Waals surface area contributed by atoms with E-state index in [4.69, 9.17) is 33.0 Å². The lowest BCUT2D eigenvalue weighted by Crippen LogP contribution is -2.35. The second-order valence-electron chi connectivity index (χ2n) is 19.4. The van der Waals surface area contributed by atoms with Gasteiger partial charge in [0.05, 0.1) is 44.4 Å². The van der Waals surface area contributed by atoms with Gasteiger partial charge in [0.2, 0.25) is 0 Å². The van der Waals surface area contributed by atoms with Gasteiger partial charge in [0.1, 0.15) is 17.3 Å². The fourth-order valence-electron chi connectivity index (χ4n) is 9.28. The summed E-state index contributed by atoms with van der Waals surface area (Å²) in [5.74, 6) is 1.25. The van der Waals surface area contributed by atoms with Crippen molar-refractivity contribution in [3.63, 3.8) is 0 Å². The molecule has 0 N–H and O–H groups in total. The Morgan fingerprint density at radius 2 is 1.33 bits per heavy atom. The molecule has 1 aliphatic carbocycles. The highest BCUT2D eigenvalue weighted by Crippen LogP contribution is 2.48. The van der Waals surface area contributed by atoms with Crippen LogP contribution in [0.1, 0.15) is 137 Å². The van der Waals surface area contributed by atoms with Crippen LogP contribution in [-0.2, 0) is 21.7 Å².